The average Bonchev–Trinajstić information content (AvgIpc) is 2.22. The molecule has 0 saturated heterocycles. The van der Waals surface area contributed by atoms with Gasteiger partial charge in [0, 0.05) is 19.1 Å². The number of rotatable bonds is 10. The van der Waals surface area contributed by atoms with Gasteiger partial charge in [0.05, 0.1) is 0 Å². The van der Waals surface area contributed by atoms with Crippen molar-refractivity contribution < 1.29 is 0 Å². The van der Waals surface area contributed by atoms with Crippen LogP contribution in [0.3, 0.4) is 0 Å². The smallest absolute Gasteiger partial charge is 0.0107 e. The van der Waals surface area contributed by atoms with E-state index in [9.17, 15) is 0 Å². The van der Waals surface area contributed by atoms with Gasteiger partial charge in [-0.1, -0.05) is 27.2 Å². The topological polar surface area (TPSA) is 15.3 Å². The van der Waals surface area contributed by atoms with E-state index in [-0.39, 0.29) is 0 Å². The van der Waals surface area contributed by atoms with E-state index in [1.165, 1.54) is 38.8 Å². The van der Waals surface area contributed by atoms with Crippen LogP contribution < -0.4 is 5.32 Å². The maximum Gasteiger partial charge on any atom is 0.0107 e. The third-order valence-corrected chi connectivity index (χ3v) is 3.24. The lowest BCUT2D eigenvalue weighted by Gasteiger charge is -2.24. The molecule has 0 aliphatic carbocycles. The molecule has 1 unspecified atom stereocenters. The summed E-state index contributed by atoms with van der Waals surface area (Å²) in [6.07, 6.45) is 5.25. The van der Waals surface area contributed by atoms with Gasteiger partial charge < -0.3 is 10.2 Å². The molecule has 0 heterocycles. The van der Waals surface area contributed by atoms with E-state index < -0.39 is 0 Å². The summed E-state index contributed by atoms with van der Waals surface area (Å²) < 4.78 is 0. The Balaban J connectivity index is 3.30. The predicted molar refractivity (Wildman–Crippen MR) is 73.9 cm³/mol. The lowest BCUT2D eigenvalue weighted by atomic mass is 10.1. The SMILES string of the molecule is CCCC(C)N(C)CCNCCCC(C)C. The van der Waals surface area contributed by atoms with Gasteiger partial charge in [-0.25, -0.2) is 0 Å². The Morgan fingerprint density at radius 1 is 1.06 bits per heavy atom. The summed E-state index contributed by atoms with van der Waals surface area (Å²) >= 11 is 0. The molecule has 0 aliphatic rings. The fourth-order valence-corrected chi connectivity index (χ4v) is 1.87. The third-order valence-electron chi connectivity index (χ3n) is 3.24. The van der Waals surface area contributed by atoms with Crippen molar-refractivity contribution in [3.05, 3.63) is 0 Å². The van der Waals surface area contributed by atoms with Crippen molar-refractivity contribution in [2.75, 3.05) is 26.7 Å². The summed E-state index contributed by atoms with van der Waals surface area (Å²) in [6, 6.07) is 0.725. The Morgan fingerprint density at radius 3 is 2.31 bits per heavy atom. The predicted octanol–water partition coefficient (Wildman–Crippen LogP) is 3.13. The minimum Gasteiger partial charge on any atom is -0.315 e. The first kappa shape index (κ1) is 15.9. The van der Waals surface area contributed by atoms with Gasteiger partial charge >= 0.3 is 0 Å². The molecule has 98 valence electrons. The van der Waals surface area contributed by atoms with Crippen molar-refractivity contribution in [3.8, 4) is 0 Å². The minimum absolute atomic E-state index is 0.725. The zero-order chi connectivity index (χ0) is 12.4. The van der Waals surface area contributed by atoms with Gasteiger partial charge in [0.1, 0.15) is 0 Å². The molecule has 0 rings (SSSR count). The summed E-state index contributed by atoms with van der Waals surface area (Å²) in [4.78, 5) is 2.46. The van der Waals surface area contributed by atoms with Crippen LogP contribution in [-0.4, -0.2) is 37.6 Å². The molecule has 0 bridgehead atoms. The molecule has 0 aromatic rings. The summed E-state index contributed by atoms with van der Waals surface area (Å²) in [6.45, 7) is 12.6. The molecule has 0 saturated carbocycles. The molecule has 1 atom stereocenters. The lowest BCUT2D eigenvalue weighted by molar-refractivity contribution is 0.244. The molecule has 2 nitrogen and oxygen atoms in total. The van der Waals surface area contributed by atoms with Crippen molar-refractivity contribution in [1.82, 2.24) is 10.2 Å². The standard InChI is InChI=1S/C14H32N2/c1-6-8-14(4)16(5)12-11-15-10-7-9-13(2)3/h13-15H,6-12H2,1-5H3. The van der Waals surface area contributed by atoms with Crippen LogP contribution in [0.4, 0.5) is 0 Å². The zero-order valence-corrected chi connectivity index (χ0v) is 12.1. The molecule has 0 aromatic carbocycles. The molecule has 1 N–H and O–H groups in total. The molecule has 2 heteroatoms. The van der Waals surface area contributed by atoms with Crippen molar-refractivity contribution in [3.63, 3.8) is 0 Å². The number of hydrogen-bond donors (Lipinski definition) is 1. The molecule has 0 aromatic heterocycles. The van der Waals surface area contributed by atoms with E-state index in [1.54, 1.807) is 0 Å². The Hall–Kier alpha value is -0.0800. The van der Waals surface area contributed by atoms with Gasteiger partial charge in [-0.2, -0.15) is 0 Å². The Labute approximate surface area is 103 Å². The van der Waals surface area contributed by atoms with E-state index >= 15 is 0 Å². The first-order valence-corrected chi connectivity index (χ1v) is 6.98. The van der Waals surface area contributed by atoms with Crippen molar-refractivity contribution >= 4 is 0 Å². The Kier molecular flexibility index (Phi) is 10.0. The number of hydrogen-bond acceptors (Lipinski definition) is 2. The number of nitrogens with one attached hydrogen (secondary N) is 1. The van der Waals surface area contributed by atoms with E-state index in [2.05, 4.69) is 45.0 Å². The van der Waals surface area contributed by atoms with Crippen LogP contribution >= 0.6 is 0 Å². The highest BCUT2D eigenvalue weighted by molar-refractivity contribution is 4.63. The van der Waals surface area contributed by atoms with Crippen molar-refractivity contribution in [2.24, 2.45) is 5.92 Å². The highest BCUT2D eigenvalue weighted by Gasteiger charge is 2.06. The quantitative estimate of drug-likeness (QED) is 0.578. The minimum atomic E-state index is 0.725. The van der Waals surface area contributed by atoms with Crippen LogP contribution in [0.2, 0.25) is 0 Å². The van der Waals surface area contributed by atoms with Gasteiger partial charge in [0.15, 0.2) is 0 Å². The average molecular weight is 228 g/mol. The molecule has 0 aliphatic heterocycles. The zero-order valence-electron chi connectivity index (χ0n) is 12.1. The highest BCUT2D eigenvalue weighted by Crippen LogP contribution is 2.03. The fourth-order valence-electron chi connectivity index (χ4n) is 1.87. The second kappa shape index (κ2) is 10.1. The molecule has 0 spiro atoms. The molecule has 0 radical (unpaired) electrons. The Morgan fingerprint density at radius 2 is 1.75 bits per heavy atom. The summed E-state index contributed by atoms with van der Waals surface area (Å²) in [5.41, 5.74) is 0. The Bertz CT molecular complexity index is 146. The molecule has 0 amide bonds. The molecule has 0 fully saturated rings. The summed E-state index contributed by atoms with van der Waals surface area (Å²) in [7, 11) is 2.23. The van der Waals surface area contributed by atoms with Crippen LogP contribution in [0.1, 0.15) is 53.4 Å². The van der Waals surface area contributed by atoms with Crippen molar-refractivity contribution in [1.29, 1.82) is 0 Å². The van der Waals surface area contributed by atoms with Gasteiger partial charge in [-0.05, 0) is 45.7 Å². The number of nitrogens with zero attached hydrogens (tertiary/aromatic N) is 1. The highest BCUT2D eigenvalue weighted by atomic mass is 15.1. The van der Waals surface area contributed by atoms with Crippen LogP contribution in [0.5, 0.6) is 0 Å². The normalized spacial score (nSPS) is 13.7. The van der Waals surface area contributed by atoms with Gasteiger partial charge in [0.2, 0.25) is 0 Å². The first-order valence-electron chi connectivity index (χ1n) is 6.98. The summed E-state index contributed by atoms with van der Waals surface area (Å²) in [5.74, 6) is 0.842. The maximum absolute atomic E-state index is 3.53. The van der Waals surface area contributed by atoms with Crippen LogP contribution in [-0.2, 0) is 0 Å². The largest absolute Gasteiger partial charge is 0.315 e. The first-order chi connectivity index (χ1) is 7.57. The fraction of sp³-hybridized carbons (Fsp3) is 1.00. The second-order valence-electron chi connectivity index (χ2n) is 5.40. The van der Waals surface area contributed by atoms with Crippen molar-refractivity contribution in [2.45, 2.75) is 59.4 Å². The molecule has 16 heavy (non-hydrogen) atoms. The van der Waals surface area contributed by atoms with E-state index in [1.807, 2.05) is 0 Å². The van der Waals surface area contributed by atoms with E-state index in [0.29, 0.717) is 0 Å². The van der Waals surface area contributed by atoms with Gasteiger partial charge in [0.25, 0.3) is 0 Å². The maximum atomic E-state index is 3.53. The molecular weight excluding hydrogens is 196 g/mol. The number of likely N-dealkylation sites (N-methyl/N-ethyl adjacent to an activating group) is 1. The van der Waals surface area contributed by atoms with E-state index in [4.69, 9.17) is 0 Å². The van der Waals surface area contributed by atoms with E-state index in [0.717, 1.165) is 18.5 Å². The summed E-state index contributed by atoms with van der Waals surface area (Å²) in [5, 5.41) is 3.53. The van der Waals surface area contributed by atoms with Gasteiger partial charge in [-0.3, -0.25) is 0 Å². The molecular formula is C14H32N2. The lowest BCUT2D eigenvalue weighted by Crippen LogP contribution is -2.35. The third kappa shape index (κ3) is 9.17. The van der Waals surface area contributed by atoms with Crippen LogP contribution in [0.15, 0.2) is 0 Å². The second-order valence-corrected chi connectivity index (χ2v) is 5.40. The van der Waals surface area contributed by atoms with Crippen LogP contribution in [0, 0.1) is 5.92 Å². The van der Waals surface area contributed by atoms with Gasteiger partial charge in [-0.15, -0.1) is 0 Å². The monoisotopic (exact) mass is 228 g/mol. The van der Waals surface area contributed by atoms with Crippen LogP contribution in [0.25, 0.3) is 0 Å².